The average molecular weight is 191 g/mol. The lowest BCUT2D eigenvalue weighted by Crippen LogP contribution is -1.97. The van der Waals surface area contributed by atoms with Gasteiger partial charge in [-0.2, -0.15) is 5.26 Å². The van der Waals surface area contributed by atoms with Crippen molar-refractivity contribution in [3.05, 3.63) is 23.8 Å². The molecule has 0 heterocycles. The Hall–Kier alpha value is -2.02. The molecule has 0 aromatic heterocycles. The number of nitriles is 1. The summed E-state index contributed by atoms with van der Waals surface area (Å²) in [5.41, 5.74) is 0.404. The zero-order valence-electron chi connectivity index (χ0n) is 7.69. The van der Waals surface area contributed by atoms with E-state index in [-0.39, 0.29) is 6.61 Å². The number of hydrogen-bond donors (Lipinski definition) is 0. The van der Waals surface area contributed by atoms with Crippen LogP contribution < -0.4 is 9.47 Å². The summed E-state index contributed by atoms with van der Waals surface area (Å²) in [5, 5.41) is 8.32. The molecule has 72 valence electrons. The van der Waals surface area contributed by atoms with E-state index in [2.05, 4.69) is 0 Å². The van der Waals surface area contributed by atoms with Crippen LogP contribution in [0.15, 0.2) is 18.2 Å². The third-order valence-corrected chi connectivity index (χ3v) is 1.64. The molecule has 0 aliphatic rings. The summed E-state index contributed by atoms with van der Waals surface area (Å²) < 4.78 is 10.0. The molecule has 0 aliphatic heterocycles. The Bertz CT molecular complexity index is 368. The summed E-state index contributed by atoms with van der Waals surface area (Å²) in [4.78, 5) is 10.6. The molecule has 4 heteroatoms. The molecule has 0 saturated heterocycles. The van der Waals surface area contributed by atoms with Gasteiger partial charge in [0.1, 0.15) is 17.6 Å². The number of benzene rings is 1. The van der Waals surface area contributed by atoms with E-state index in [1.54, 1.807) is 18.2 Å². The molecule has 0 radical (unpaired) electrons. The Balaban J connectivity index is 2.97. The minimum atomic E-state index is -0.0893. The lowest BCUT2D eigenvalue weighted by atomic mass is 10.2. The first-order chi connectivity index (χ1) is 6.81. The number of ether oxygens (including phenoxy) is 2. The van der Waals surface area contributed by atoms with Crippen molar-refractivity contribution in [3.8, 4) is 17.6 Å². The fraction of sp³-hybridized carbons (Fsp3) is 0.200. The van der Waals surface area contributed by atoms with Gasteiger partial charge in [-0.3, -0.25) is 4.79 Å². The quantitative estimate of drug-likeness (QED) is 0.675. The number of nitrogens with zero attached hydrogens (tertiary/aromatic N) is 1. The molecule has 0 spiro atoms. The Morgan fingerprint density at radius 2 is 2.36 bits per heavy atom. The number of carbonyl (C=O) groups is 1. The van der Waals surface area contributed by atoms with Crippen LogP contribution in [0.25, 0.3) is 0 Å². The first-order valence-electron chi connectivity index (χ1n) is 3.94. The monoisotopic (exact) mass is 191 g/mol. The molecule has 0 N–H and O–H groups in total. The summed E-state index contributed by atoms with van der Waals surface area (Å²) in [6.07, 6.45) is 0.673. The second kappa shape index (κ2) is 4.87. The normalized spacial score (nSPS) is 8.86. The zero-order chi connectivity index (χ0) is 10.4. The van der Waals surface area contributed by atoms with Gasteiger partial charge in [-0.1, -0.05) is 0 Å². The lowest BCUT2D eigenvalue weighted by Gasteiger charge is -2.06. The standard InChI is InChI=1S/C10H9NO3/c1-13-9-3-2-8(7-12)10(6-9)14-5-4-11/h2-3,6-7H,5H2,1H3. The van der Waals surface area contributed by atoms with E-state index in [4.69, 9.17) is 14.7 Å². The van der Waals surface area contributed by atoms with Crippen LogP contribution in [0.5, 0.6) is 11.5 Å². The molecule has 0 unspecified atom stereocenters. The van der Waals surface area contributed by atoms with E-state index in [1.807, 2.05) is 6.07 Å². The maximum Gasteiger partial charge on any atom is 0.174 e. The van der Waals surface area contributed by atoms with E-state index in [1.165, 1.54) is 7.11 Å². The van der Waals surface area contributed by atoms with Crippen molar-refractivity contribution in [2.45, 2.75) is 0 Å². The maximum absolute atomic E-state index is 10.6. The molecule has 0 atom stereocenters. The highest BCUT2D eigenvalue weighted by Crippen LogP contribution is 2.23. The summed E-state index contributed by atoms with van der Waals surface area (Å²) >= 11 is 0. The highest BCUT2D eigenvalue weighted by atomic mass is 16.5. The van der Waals surface area contributed by atoms with Crippen molar-refractivity contribution in [2.75, 3.05) is 13.7 Å². The zero-order valence-corrected chi connectivity index (χ0v) is 7.69. The van der Waals surface area contributed by atoms with Gasteiger partial charge in [-0.25, -0.2) is 0 Å². The van der Waals surface area contributed by atoms with E-state index < -0.39 is 0 Å². The van der Waals surface area contributed by atoms with Crippen molar-refractivity contribution in [3.63, 3.8) is 0 Å². The third-order valence-electron chi connectivity index (χ3n) is 1.64. The van der Waals surface area contributed by atoms with Crippen LogP contribution in [0.4, 0.5) is 0 Å². The molecule has 0 amide bonds. The second-order valence-corrected chi connectivity index (χ2v) is 2.47. The highest BCUT2D eigenvalue weighted by molar-refractivity contribution is 5.79. The molecule has 0 bridgehead atoms. The van der Waals surface area contributed by atoms with Crippen LogP contribution in [0.3, 0.4) is 0 Å². The van der Waals surface area contributed by atoms with E-state index in [0.29, 0.717) is 23.3 Å². The minimum absolute atomic E-state index is 0.0893. The van der Waals surface area contributed by atoms with Crippen molar-refractivity contribution in [1.82, 2.24) is 0 Å². The van der Waals surface area contributed by atoms with E-state index in [9.17, 15) is 4.79 Å². The van der Waals surface area contributed by atoms with Gasteiger partial charge in [0.15, 0.2) is 12.9 Å². The number of hydrogen-bond acceptors (Lipinski definition) is 4. The van der Waals surface area contributed by atoms with Gasteiger partial charge in [0.25, 0.3) is 0 Å². The van der Waals surface area contributed by atoms with Crippen molar-refractivity contribution < 1.29 is 14.3 Å². The predicted octanol–water partition coefficient (Wildman–Crippen LogP) is 1.41. The van der Waals surface area contributed by atoms with Crippen LogP contribution in [0.2, 0.25) is 0 Å². The summed E-state index contributed by atoms with van der Waals surface area (Å²) in [6, 6.07) is 6.63. The molecule has 0 fully saturated rings. The van der Waals surface area contributed by atoms with Crippen LogP contribution in [-0.4, -0.2) is 20.0 Å². The maximum atomic E-state index is 10.6. The first-order valence-corrected chi connectivity index (χ1v) is 3.94. The van der Waals surface area contributed by atoms with Gasteiger partial charge in [0.2, 0.25) is 0 Å². The molecular weight excluding hydrogens is 182 g/mol. The molecule has 4 nitrogen and oxygen atoms in total. The Labute approximate surface area is 81.7 Å². The molecule has 1 aromatic rings. The van der Waals surface area contributed by atoms with E-state index >= 15 is 0 Å². The van der Waals surface area contributed by atoms with Gasteiger partial charge in [-0.05, 0) is 12.1 Å². The van der Waals surface area contributed by atoms with Gasteiger partial charge >= 0.3 is 0 Å². The SMILES string of the molecule is COc1ccc(C=O)c(OCC#N)c1. The Morgan fingerprint density at radius 3 is 2.93 bits per heavy atom. The molecule has 14 heavy (non-hydrogen) atoms. The molecule has 1 aromatic carbocycles. The molecule has 0 aliphatic carbocycles. The summed E-state index contributed by atoms with van der Waals surface area (Å²) in [5.74, 6) is 0.949. The van der Waals surface area contributed by atoms with Crippen molar-refractivity contribution in [1.29, 1.82) is 5.26 Å². The Kier molecular flexibility index (Phi) is 3.50. The highest BCUT2D eigenvalue weighted by Gasteiger charge is 2.04. The lowest BCUT2D eigenvalue weighted by molar-refractivity contribution is 0.112. The number of methoxy groups -OCH3 is 1. The van der Waals surface area contributed by atoms with Crippen LogP contribution in [-0.2, 0) is 0 Å². The van der Waals surface area contributed by atoms with Crippen molar-refractivity contribution >= 4 is 6.29 Å². The summed E-state index contributed by atoms with van der Waals surface area (Å²) in [6.45, 7) is -0.0893. The van der Waals surface area contributed by atoms with Gasteiger partial charge in [0.05, 0.1) is 12.7 Å². The van der Waals surface area contributed by atoms with Crippen LogP contribution in [0.1, 0.15) is 10.4 Å². The van der Waals surface area contributed by atoms with Gasteiger partial charge in [-0.15, -0.1) is 0 Å². The van der Waals surface area contributed by atoms with Crippen LogP contribution in [0, 0.1) is 11.3 Å². The topological polar surface area (TPSA) is 59.3 Å². The molecule has 1 rings (SSSR count). The molecule has 0 saturated carbocycles. The van der Waals surface area contributed by atoms with Gasteiger partial charge in [0, 0.05) is 6.07 Å². The van der Waals surface area contributed by atoms with E-state index in [0.717, 1.165) is 0 Å². The minimum Gasteiger partial charge on any atom is -0.497 e. The third kappa shape index (κ3) is 2.23. The fourth-order valence-corrected chi connectivity index (χ4v) is 0.974. The van der Waals surface area contributed by atoms with Crippen LogP contribution >= 0.6 is 0 Å². The van der Waals surface area contributed by atoms with Crippen molar-refractivity contribution in [2.24, 2.45) is 0 Å². The number of aldehydes is 1. The number of rotatable bonds is 4. The van der Waals surface area contributed by atoms with Gasteiger partial charge < -0.3 is 9.47 Å². The Morgan fingerprint density at radius 1 is 1.57 bits per heavy atom. The first kappa shape index (κ1) is 10.1. The smallest absolute Gasteiger partial charge is 0.174 e. The number of carbonyl (C=O) groups excluding carboxylic acids is 1. The second-order valence-electron chi connectivity index (χ2n) is 2.47. The predicted molar refractivity (Wildman–Crippen MR) is 49.5 cm³/mol. The summed E-state index contributed by atoms with van der Waals surface area (Å²) in [7, 11) is 1.52. The largest absolute Gasteiger partial charge is 0.497 e. The average Bonchev–Trinajstić information content (AvgIpc) is 2.25. The fourth-order valence-electron chi connectivity index (χ4n) is 0.974. The molecular formula is C10H9NO3.